The van der Waals surface area contributed by atoms with Crippen LogP contribution in [0.3, 0.4) is 0 Å². The summed E-state index contributed by atoms with van der Waals surface area (Å²) in [6.45, 7) is 6.91. The van der Waals surface area contributed by atoms with Gasteiger partial charge in [-0.3, -0.25) is 14.9 Å². The van der Waals surface area contributed by atoms with Crippen molar-refractivity contribution in [2.75, 3.05) is 5.32 Å². The molecule has 1 aliphatic heterocycles. The average Bonchev–Trinajstić information content (AvgIpc) is 3.43. The highest BCUT2D eigenvalue weighted by molar-refractivity contribution is 7.16. The normalized spacial score (nSPS) is 19.7. The maximum absolute atomic E-state index is 13.1. The van der Waals surface area contributed by atoms with E-state index in [-0.39, 0.29) is 17.0 Å². The fourth-order valence-electron chi connectivity index (χ4n) is 4.86. The second-order valence-electron chi connectivity index (χ2n) is 9.66. The van der Waals surface area contributed by atoms with Crippen LogP contribution in [0.2, 0.25) is 5.02 Å². The Morgan fingerprint density at radius 1 is 1.26 bits per heavy atom. The van der Waals surface area contributed by atoms with Crippen LogP contribution in [-0.4, -0.2) is 10.8 Å². The lowest BCUT2D eigenvalue weighted by Crippen LogP contribution is -2.38. The number of carbonyl (C=O) groups is 1. The Balaban J connectivity index is 1.41. The van der Waals surface area contributed by atoms with E-state index in [1.165, 1.54) is 28.6 Å². The summed E-state index contributed by atoms with van der Waals surface area (Å²) in [5, 5.41) is 18.8. The minimum Gasteiger partial charge on any atom is -0.457 e. The highest BCUT2D eigenvalue weighted by Crippen LogP contribution is 2.47. The third kappa shape index (κ3) is 3.88. The van der Waals surface area contributed by atoms with E-state index in [4.69, 9.17) is 16.0 Å². The number of carbonyl (C=O) groups excluding carboxylic acids is 1. The first-order chi connectivity index (χ1) is 16.2. The van der Waals surface area contributed by atoms with E-state index in [1.54, 1.807) is 23.5 Å². The summed E-state index contributed by atoms with van der Waals surface area (Å²) in [6.07, 6.45) is 3.62. The molecule has 0 saturated carbocycles. The molecule has 1 aromatic carbocycles. The van der Waals surface area contributed by atoms with E-state index in [0.717, 1.165) is 36.2 Å². The number of benzene rings is 1. The second kappa shape index (κ2) is 8.43. The summed E-state index contributed by atoms with van der Waals surface area (Å²) in [7, 11) is 0. The van der Waals surface area contributed by atoms with Crippen molar-refractivity contribution >= 4 is 39.5 Å². The molecule has 0 spiro atoms. The molecule has 2 aliphatic rings. The van der Waals surface area contributed by atoms with Crippen LogP contribution in [0, 0.1) is 21.4 Å². The topological polar surface area (TPSA) is 97.4 Å². The first-order valence-electron chi connectivity index (χ1n) is 11.4. The number of rotatable bonds is 5. The van der Waals surface area contributed by atoms with E-state index in [9.17, 15) is 14.9 Å². The van der Waals surface area contributed by atoms with Crippen molar-refractivity contribution in [3.8, 4) is 11.3 Å². The number of thiophene rings is 1. The van der Waals surface area contributed by atoms with Crippen LogP contribution in [0.5, 0.6) is 0 Å². The molecular formula is C25H26ClN3O4S. The zero-order chi connectivity index (χ0) is 24.2. The molecule has 2 N–H and O–H groups in total. The van der Waals surface area contributed by atoms with Crippen LogP contribution < -0.4 is 10.6 Å². The van der Waals surface area contributed by atoms with Gasteiger partial charge in [0.25, 0.3) is 11.6 Å². The number of nitrogens with one attached hydrogen (secondary N) is 2. The lowest BCUT2D eigenvalue weighted by molar-refractivity contribution is -0.384. The number of hydrogen-bond donors (Lipinski definition) is 2. The Morgan fingerprint density at radius 3 is 2.79 bits per heavy atom. The van der Waals surface area contributed by atoms with E-state index >= 15 is 0 Å². The lowest BCUT2D eigenvalue weighted by atomic mass is 9.69. The Kier molecular flexibility index (Phi) is 5.68. The number of anilines is 1. The number of non-ortho nitro benzene ring substituents is 1. The number of nitro groups is 1. The third-order valence-electron chi connectivity index (χ3n) is 7.40. The van der Waals surface area contributed by atoms with Crippen molar-refractivity contribution in [3.63, 3.8) is 0 Å². The number of fused-ring (bicyclic) bond motifs is 3. The number of nitro benzene ring substituents is 1. The van der Waals surface area contributed by atoms with Crippen LogP contribution in [0.4, 0.5) is 10.7 Å². The van der Waals surface area contributed by atoms with Gasteiger partial charge in [0.05, 0.1) is 15.5 Å². The fourth-order valence-corrected chi connectivity index (χ4v) is 6.43. The molecule has 7 nitrogen and oxygen atoms in total. The van der Waals surface area contributed by atoms with Gasteiger partial charge in [-0.25, -0.2) is 0 Å². The SMILES string of the molecule is CCC(C)(C)[C@@H]1CCc2c(sc3c2C(=O)N[C@H](c2ccc(-c4cc([N+](=O)[O-])ccc4Cl)o2)N3)C1. The molecule has 0 radical (unpaired) electrons. The zero-order valence-electron chi connectivity index (χ0n) is 19.2. The largest absolute Gasteiger partial charge is 0.457 e. The van der Waals surface area contributed by atoms with Gasteiger partial charge in [0.15, 0.2) is 6.17 Å². The summed E-state index contributed by atoms with van der Waals surface area (Å²) in [5.41, 5.74) is 2.58. The van der Waals surface area contributed by atoms with Gasteiger partial charge in [-0.15, -0.1) is 11.3 Å². The molecule has 5 rings (SSSR count). The predicted molar refractivity (Wildman–Crippen MR) is 134 cm³/mol. The lowest BCUT2D eigenvalue weighted by Gasteiger charge is -2.36. The Morgan fingerprint density at radius 2 is 2.06 bits per heavy atom. The molecular weight excluding hydrogens is 474 g/mol. The van der Waals surface area contributed by atoms with Crippen molar-refractivity contribution in [1.82, 2.24) is 5.32 Å². The number of furan rings is 1. The van der Waals surface area contributed by atoms with E-state index in [1.807, 2.05) is 0 Å². The average molecular weight is 500 g/mol. The Hall–Kier alpha value is -2.84. The van der Waals surface area contributed by atoms with Crippen molar-refractivity contribution in [3.05, 3.63) is 67.2 Å². The molecule has 34 heavy (non-hydrogen) atoms. The van der Waals surface area contributed by atoms with Crippen molar-refractivity contribution in [2.24, 2.45) is 11.3 Å². The number of hydrogen-bond acceptors (Lipinski definition) is 6. The zero-order valence-corrected chi connectivity index (χ0v) is 20.8. The smallest absolute Gasteiger partial charge is 0.270 e. The van der Waals surface area contributed by atoms with Crippen molar-refractivity contribution < 1.29 is 14.1 Å². The molecule has 1 aliphatic carbocycles. The highest BCUT2D eigenvalue weighted by Gasteiger charge is 2.38. The number of amides is 1. The van der Waals surface area contributed by atoms with Crippen LogP contribution >= 0.6 is 22.9 Å². The van der Waals surface area contributed by atoms with Gasteiger partial charge in [0.1, 0.15) is 16.5 Å². The van der Waals surface area contributed by atoms with E-state index in [0.29, 0.717) is 28.0 Å². The van der Waals surface area contributed by atoms with Gasteiger partial charge in [-0.05, 0) is 54.4 Å². The predicted octanol–water partition coefficient (Wildman–Crippen LogP) is 6.96. The first-order valence-corrected chi connectivity index (χ1v) is 12.6. The Bertz CT molecular complexity index is 1300. The fraction of sp³-hybridized carbons (Fsp3) is 0.400. The first kappa shape index (κ1) is 22.9. The monoisotopic (exact) mass is 499 g/mol. The summed E-state index contributed by atoms with van der Waals surface area (Å²) in [5.74, 6) is 1.42. The van der Waals surface area contributed by atoms with Crippen LogP contribution in [0.15, 0.2) is 34.7 Å². The van der Waals surface area contributed by atoms with Gasteiger partial charge in [-0.2, -0.15) is 0 Å². The summed E-state index contributed by atoms with van der Waals surface area (Å²) < 4.78 is 5.99. The van der Waals surface area contributed by atoms with Crippen LogP contribution in [0.25, 0.3) is 11.3 Å². The summed E-state index contributed by atoms with van der Waals surface area (Å²) >= 11 is 7.94. The molecule has 0 bridgehead atoms. The van der Waals surface area contributed by atoms with E-state index < -0.39 is 11.1 Å². The third-order valence-corrected chi connectivity index (χ3v) is 8.91. The molecule has 178 valence electrons. The van der Waals surface area contributed by atoms with Gasteiger partial charge in [0, 0.05) is 22.6 Å². The standard InChI is InChI=1S/C25H26ClN3O4S/c1-4-25(2,3)13-5-7-15-20(11-13)34-24-21(15)23(30)27-22(28-24)19-10-9-18(33-19)16-12-14(29(31)32)6-8-17(16)26/h6,8-10,12-13,22,28H,4-5,7,11H2,1-3H3,(H,27,30)/t13-,22+/m1/s1. The minimum atomic E-state index is -0.533. The molecule has 0 unspecified atom stereocenters. The maximum atomic E-state index is 13.1. The molecule has 9 heteroatoms. The Labute approximate surface area is 206 Å². The molecule has 3 aromatic rings. The molecule has 1 amide bonds. The summed E-state index contributed by atoms with van der Waals surface area (Å²) in [6, 6.07) is 7.68. The van der Waals surface area contributed by atoms with Gasteiger partial charge < -0.3 is 15.1 Å². The number of halogens is 1. The quantitative estimate of drug-likeness (QED) is 0.292. The summed E-state index contributed by atoms with van der Waals surface area (Å²) in [4.78, 5) is 25.1. The minimum absolute atomic E-state index is 0.0696. The molecule has 0 saturated heterocycles. The van der Waals surface area contributed by atoms with Gasteiger partial charge >= 0.3 is 0 Å². The van der Waals surface area contributed by atoms with Crippen molar-refractivity contribution in [2.45, 2.75) is 52.6 Å². The molecule has 3 heterocycles. The molecule has 2 atom stereocenters. The molecule has 2 aromatic heterocycles. The van der Waals surface area contributed by atoms with Gasteiger partial charge in [-0.1, -0.05) is 38.8 Å². The van der Waals surface area contributed by atoms with Gasteiger partial charge in [0.2, 0.25) is 0 Å². The highest BCUT2D eigenvalue weighted by atomic mass is 35.5. The van der Waals surface area contributed by atoms with Crippen LogP contribution in [-0.2, 0) is 12.8 Å². The second-order valence-corrected chi connectivity index (χ2v) is 11.2. The molecule has 0 fully saturated rings. The van der Waals surface area contributed by atoms with E-state index in [2.05, 4.69) is 31.4 Å². The van der Waals surface area contributed by atoms with Crippen molar-refractivity contribution in [1.29, 1.82) is 0 Å². The maximum Gasteiger partial charge on any atom is 0.270 e. The van der Waals surface area contributed by atoms with Crippen LogP contribution in [0.1, 0.15) is 66.3 Å². The number of nitrogens with zero attached hydrogens (tertiary/aromatic N) is 1.